The van der Waals surface area contributed by atoms with Crippen LogP contribution >= 0.6 is 0 Å². The maximum atomic E-state index is 5.95. The minimum atomic E-state index is 0.117. The van der Waals surface area contributed by atoms with E-state index >= 15 is 0 Å². The first-order valence-corrected chi connectivity index (χ1v) is 7.34. The van der Waals surface area contributed by atoms with Crippen LogP contribution in [0, 0.1) is 0 Å². The van der Waals surface area contributed by atoms with Crippen LogP contribution in [0.1, 0.15) is 52.7 Å². The number of aryl methyl sites for hydroxylation is 1. The Kier molecular flexibility index (Phi) is 5.86. The third kappa shape index (κ3) is 5.23. The van der Waals surface area contributed by atoms with E-state index in [1.54, 1.807) is 0 Å². The molecule has 0 heterocycles. The third-order valence-electron chi connectivity index (χ3n) is 3.17. The van der Waals surface area contributed by atoms with Crippen molar-refractivity contribution in [2.45, 2.75) is 59.4 Å². The van der Waals surface area contributed by atoms with Crippen molar-refractivity contribution < 1.29 is 4.74 Å². The van der Waals surface area contributed by atoms with Crippen LogP contribution in [0.2, 0.25) is 0 Å². The summed E-state index contributed by atoms with van der Waals surface area (Å²) in [5, 5.41) is 3.37. The second kappa shape index (κ2) is 6.95. The highest BCUT2D eigenvalue weighted by Gasteiger charge is 2.19. The van der Waals surface area contributed by atoms with E-state index in [1.165, 1.54) is 11.1 Å². The molecule has 1 rings (SSSR count). The maximum Gasteiger partial charge on any atom is 0.123 e. The Bertz CT molecular complexity index is 391. The molecule has 0 bridgehead atoms. The molecule has 0 aliphatic carbocycles. The summed E-state index contributed by atoms with van der Waals surface area (Å²) in [6, 6.07) is 7.08. The molecule has 0 fully saturated rings. The molecule has 0 unspecified atom stereocenters. The molecular formula is C17H29NO. The quantitative estimate of drug-likeness (QED) is 0.785. The number of ether oxygens (including phenoxy) is 1. The molecule has 1 aromatic carbocycles. The van der Waals surface area contributed by atoms with Crippen LogP contribution in [0.3, 0.4) is 0 Å². The van der Waals surface area contributed by atoms with E-state index in [2.05, 4.69) is 65.1 Å². The average molecular weight is 263 g/mol. The molecule has 0 aliphatic rings. The summed E-state index contributed by atoms with van der Waals surface area (Å²) in [7, 11) is 0. The Morgan fingerprint density at radius 1 is 1.21 bits per heavy atom. The fourth-order valence-electron chi connectivity index (χ4n) is 2.02. The van der Waals surface area contributed by atoms with Crippen molar-refractivity contribution in [3.8, 4) is 5.75 Å². The number of benzene rings is 1. The van der Waals surface area contributed by atoms with E-state index < -0.39 is 0 Å². The van der Waals surface area contributed by atoms with Gasteiger partial charge in [-0.25, -0.2) is 0 Å². The Morgan fingerprint density at radius 3 is 2.42 bits per heavy atom. The Labute approximate surface area is 118 Å². The highest BCUT2D eigenvalue weighted by atomic mass is 16.5. The molecule has 2 heteroatoms. The minimum absolute atomic E-state index is 0.117. The fourth-order valence-corrected chi connectivity index (χ4v) is 2.02. The Morgan fingerprint density at radius 2 is 1.89 bits per heavy atom. The van der Waals surface area contributed by atoms with E-state index in [1.807, 2.05) is 0 Å². The van der Waals surface area contributed by atoms with Crippen molar-refractivity contribution in [2.75, 3.05) is 13.2 Å². The van der Waals surface area contributed by atoms with Crippen LogP contribution in [0.5, 0.6) is 5.75 Å². The van der Waals surface area contributed by atoms with Gasteiger partial charge in [0.1, 0.15) is 12.4 Å². The van der Waals surface area contributed by atoms with Crippen LogP contribution in [-0.2, 0) is 11.8 Å². The first-order chi connectivity index (χ1) is 8.84. The van der Waals surface area contributed by atoms with Gasteiger partial charge in [0.2, 0.25) is 0 Å². The highest BCUT2D eigenvalue weighted by Crippen LogP contribution is 2.32. The summed E-state index contributed by atoms with van der Waals surface area (Å²) >= 11 is 0. The van der Waals surface area contributed by atoms with Crippen LogP contribution in [-0.4, -0.2) is 19.2 Å². The maximum absolute atomic E-state index is 5.95. The number of hydrogen-bond donors (Lipinski definition) is 1. The zero-order valence-corrected chi connectivity index (χ0v) is 13.3. The zero-order chi connectivity index (χ0) is 14.5. The topological polar surface area (TPSA) is 21.3 Å². The van der Waals surface area contributed by atoms with Crippen molar-refractivity contribution in [3.63, 3.8) is 0 Å². The Hall–Kier alpha value is -1.02. The second-order valence-electron chi connectivity index (χ2n) is 6.39. The molecule has 1 aromatic rings. The molecule has 2 nitrogen and oxygen atoms in total. The zero-order valence-electron chi connectivity index (χ0n) is 13.3. The lowest BCUT2D eigenvalue weighted by molar-refractivity contribution is 0.301. The average Bonchev–Trinajstić information content (AvgIpc) is 2.33. The van der Waals surface area contributed by atoms with Gasteiger partial charge >= 0.3 is 0 Å². The second-order valence-corrected chi connectivity index (χ2v) is 6.39. The van der Waals surface area contributed by atoms with Gasteiger partial charge in [0.15, 0.2) is 0 Å². The van der Waals surface area contributed by atoms with Crippen LogP contribution in [0.4, 0.5) is 0 Å². The van der Waals surface area contributed by atoms with Crippen molar-refractivity contribution >= 4 is 0 Å². The standard InChI is InChI=1S/C17H29NO/c1-7-14-8-9-16(15(12-14)17(4,5)6)19-11-10-18-13(2)3/h8-9,12-13,18H,7,10-11H2,1-6H3. The first-order valence-electron chi connectivity index (χ1n) is 7.34. The first kappa shape index (κ1) is 16.0. The van der Waals surface area contributed by atoms with E-state index in [4.69, 9.17) is 4.74 Å². The van der Waals surface area contributed by atoms with E-state index in [9.17, 15) is 0 Å². The predicted octanol–water partition coefficient (Wildman–Crippen LogP) is 3.92. The molecule has 0 amide bonds. The van der Waals surface area contributed by atoms with E-state index in [-0.39, 0.29) is 5.41 Å². The molecular weight excluding hydrogens is 234 g/mol. The van der Waals surface area contributed by atoms with Crippen molar-refractivity contribution in [2.24, 2.45) is 0 Å². The SMILES string of the molecule is CCc1ccc(OCCNC(C)C)c(C(C)(C)C)c1. The van der Waals surface area contributed by atoms with Gasteiger partial charge in [-0.05, 0) is 29.0 Å². The number of nitrogens with one attached hydrogen (secondary N) is 1. The molecule has 1 N–H and O–H groups in total. The normalized spacial score (nSPS) is 11.9. The summed E-state index contributed by atoms with van der Waals surface area (Å²) in [5.41, 5.74) is 2.79. The van der Waals surface area contributed by atoms with Crippen molar-refractivity contribution in [1.82, 2.24) is 5.32 Å². The molecule has 0 aliphatic heterocycles. The lowest BCUT2D eigenvalue weighted by atomic mass is 9.85. The molecule has 0 atom stereocenters. The Balaban J connectivity index is 2.76. The number of rotatable bonds is 6. The molecule has 108 valence electrons. The summed E-state index contributed by atoms with van der Waals surface area (Å²) < 4.78 is 5.95. The third-order valence-corrected chi connectivity index (χ3v) is 3.17. The van der Waals surface area contributed by atoms with Gasteiger partial charge in [-0.1, -0.05) is 53.7 Å². The summed E-state index contributed by atoms with van der Waals surface area (Å²) in [6.45, 7) is 14.8. The van der Waals surface area contributed by atoms with E-state index in [0.717, 1.165) is 18.7 Å². The molecule has 0 saturated heterocycles. The van der Waals surface area contributed by atoms with Gasteiger partial charge in [-0.3, -0.25) is 0 Å². The largest absolute Gasteiger partial charge is 0.492 e. The van der Waals surface area contributed by atoms with Gasteiger partial charge < -0.3 is 10.1 Å². The molecule has 0 saturated carbocycles. The summed E-state index contributed by atoms with van der Waals surface area (Å²) in [6.07, 6.45) is 1.07. The van der Waals surface area contributed by atoms with Crippen LogP contribution < -0.4 is 10.1 Å². The number of hydrogen-bond acceptors (Lipinski definition) is 2. The smallest absolute Gasteiger partial charge is 0.123 e. The lowest BCUT2D eigenvalue weighted by Crippen LogP contribution is -2.28. The van der Waals surface area contributed by atoms with E-state index in [0.29, 0.717) is 12.6 Å². The molecule has 0 radical (unpaired) electrons. The monoisotopic (exact) mass is 263 g/mol. The summed E-state index contributed by atoms with van der Waals surface area (Å²) in [4.78, 5) is 0. The lowest BCUT2D eigenvalue weighted by Gasteiger charge is -2.24. The predicted molar refractivity (Wildman–Crippen MR) is 83.2 cm³/mol. The van der Waals surface area contributed by atoms with Gasteiger partial charge in [0.05, 0.1) is 0 Å². The molecule has 0 spiro atoms. The van der Waals surface area contributed by atoms with Gasteiger partial charge in [0.25, 0.3) is 0 Å². The van der Waals surface area contributed by atoms with Crippen molar-refractivity contribution in [1.29, 1.82) is 0 Å². The van der Waals surface area contributed by atoms with Gasteiger partial charge in [-0.2, -0.15) is 0 Å². The molecule has 19 heavy (non-hydrogen) atoms. The van der Waals surface area contributed by atoms with Gasteiger partial charge in [-0.15, -0.1) is 0 Å². The van der Waals surface area contributed by atoms with Crippen LogP contribution in [0.15, 0.2) is 18.2 Å². The fraction of sp³-hybridized carbons (Fsp3) is 0.647. The van der Waals surface area contributed by atoms with Crippen LogP contribution in [0.25, 0.3) is 0 Å². The minimum Gasteiger partial charge on any atom is -0.492 e. The highest BCUT2D eigenvalue weighted by molar-refractivity contribution is 5.41. The van der Waals surface area contributed by atoms with Gasteiger partial charge in [0, 0.05) is 12.6 Å². The molecule has 0 aromatic heterocycles. The summed E-state index contributed by atoms with van der Waals surface area (Å²) in [5.74, 6) is 1.02. The van der Waals surface area contributed by atoms with Crippen molar-refractivity contribution in [3.05, 3.63) is 29.3 Å².